The van der Waals surface area contributed by atoms with E-state index in [9.17, 15) is 4.79 Å². The summed E-state index contributed by atoms with van der Waals surface area (Å²) >= 11 is 0. The summed E-state index contributed by atoms with van der Waals surface area (Å²) in [7, 11) is 0. The summed E-state index contributed by atoms with van der Waals surface area (Å²) in [5.41, 5.74) is 3.23. The van der Waals surface area contributed by atoms with Gasteiger partial charge in [0.25, 0.3) is 0 Å². The number of carbonyl (C=O) groups excluding carboxylic acids is 1. The van der Waals surface area contributed by atoms with Crippen LogP contribution in [0.25, 0.3) is 0 Å². The Morgan fingerprint density at radius 2 is 1.68 bits per heavy atom. The predicted molar refractivity (Wildman–Crippen MR) is 91.7 cm³/mol. The number of carbonyl (C=O) groups is 1. The number of hydrogen-bond acceptors (Lipinski definition) is 1. The van der Waals surface area contributed by atoms with Crippen molar-refractivity contribution in [3.05, 3.63) is 65.2 Å². The van der Waals surface area contributed by atoms with Gasteiger partial charge in [-0.2, -0.15) is 0 Å². The van der Waals surface area contributed by atoms with Gasteiger partial charge < -0.3 is 5.32 Å². The summed E-state index contributed by atoms with van der Waals surface area (Å²) in [6.45, 7) is 7.70. The lowest BCUT2D eigenvalue weighted by molar-refractivity contribution is -0.123. The molecule has 0 fully saturated rings. The van der Waals surface area contributed by atoms with Crippen LogP contribution in [0.4, 0.5) is 5.69 Å². The summed E-state index contributed by atoms with van der Waals surface area (Å²) in [6, 6.07) is 15.7. The number of nitrogens with one attached hydrogen (secondary N) is 1. The first kappa shape index (κ1) is 15.9. The fraction of sp³-hybridized carbons (Fsp3) is 0.250. The second-order valence-electron chi connectivity index (χ2n) is 6.37. The molecule has 0 spiro atoms. The van der Waals surface area contributed by atoms with Gasteiger partial charge in [0.15, 0.2) is 0 Å². The van der Waals surface area contributed by atoms with E-state index >= 15 is 0 Å². The SMILES string of the molecule is Cc1ccc(NC(=O)C(C)(C)C)c(C#Cc2ccccc2)c1. The highest BCUT2D eigenvalue weighted by molar-refractivity contribution is 5.95. The van der Waals surface area contributed by atoms with Crippen molar-refractivity contribution in [2.24, 2.45) is 5.41 Å². The first-order valence-electron chi connectivity index (χ1n) is 7.35. The van der Waals surface area contributed by atoms with Gasteiger partial charge in [-0.3, -0.25) is 4.79 Å². The van der Waals surface area contributed by atoms with Crippen molar-refractivity contribution in [2.45, 2.75) is 27.7 Å². The van der Waals surface area contributed by atoms with Gasteiger partial charge in [-0.05, 0) is 36.8 Å². The lowest BCUT2D eigenvalue weighted by atomic mass is 9.95. The third-order valence-electron chi connectivity index (χ3n) is 3.22. The molecule has 2 heteroatoms. The van der Waals surface area contributed by atoms with Crippen molar-refractivity contribution in [1.82, 2.24) is 0 Å². The molecule has 1 N–H and O–H groups in total. The number of benzene rings is 2. The predicted octanol–water partition coefficient (Wildman–Crippen LogP) is 4.38. The molecule has 0 unspecified atom stereocenters. The largest absolute Gasteiger partial charge is 0.325 e. The van der Waals surface area contributed by atoms with E-state index in [1.165, 1.54) is 0 Å². The zero-order valence-corrected chi connectivity index (χ0v) is 13.5. The van der Waals surface area contributed by atoms with Crippen LogP contribution in [-0.4, -0.2) is 5.91 Å². The number of anilines is 1. The Balaban J connectivity index is 2.33. The Kier molecular flexibility index (Phi) is 4.68. The van der Waals surface area contributed by atoms with Crippen LogP contribution >= 0.6 is 0 Å². The van der Waals surface area contributed by atoms with E-state index < -0.39 is 5.41 Å². The molecule has 0 bridgehead atoms. The number of aryl methyl sites for hydroxylation is 1. The van der Waals surface area contributed by atoms with Crippen molar-refractivity contribution in [3.63, 3.8) is 0 Å². The van der Waals surface area contributed by atoms with E-state index in [0.29, 0.717) is 0 Å². The molecular weight excluding hydrogens is 270 g/mol. The molecule has 2 nitrogen and oxygen atoms in total. The van der Waals surface area contributed by atoms with Gasteiger partial charge in [0, 0.05) is 16.5 Å². The lowest BCUT2D eigenvalue weighted by Gasteiger charge is -2.18. The first-order valence-corrected chi connectivity index (χ1v) is 7.35. The fourth-order valence-electron chi connectivity index (χ4n) is 1.84. The van der Waals surface area contributed by atoms with Crippen LogP contribution in [0.2, 0.25) is 0 Å². The van der Waals surface area contributed by atoms with Crippen molar-refractivity contribution in [1.29, 1.82) is 0 Å². The summed E-state index contributed by atoms with van der Waals surface area (Å²) in [6.07, 6.45) is 0. The minimum Gasteiger partial charge on any atom is -0.325 e. The van der Waals surface area contributed by atoms with Crippen LogP contribution in [0, 0.1) is 24.2 Å². The van der Waals surface area contributed by atoms with Crippen molar-refractivity contribution in [3.8, 4) is 11.8 Å². The minimum absolute atomic E-state index is 0.0147. The molecule has 0 saturated heterocycles. The molecular formula is C20H21NO. The molecule has 0 saturated carbocycles. The third kappa shape index (κ3) is 4.23. The molecule has 22 heavy (non-hydrogen) atoms. The molecule has 2 rings (SSSR count). The maximum atomic E-state index is 12.2. The molecule has 112 valence electrons. The second-order valence-corrected chi connectivity index (χ2v) is 6.37. The summed E-state index contributed by atoms with van der Waals surface area (Å²) in [5, 5.41) is 2.97. The van der Waals surface area contributed by atoms with E-state index in [4.69, 9.17) is 0 Å². The molecule has 2 aromatic rings. The standard InChI is InChI=1S/C20H21NO/c1-15-10-13-18(21-19(22)20(2,3)4)17(14-15)12-11-16-8-6-5-7-9-16/h5-10,13-14H,1-4H3,(H,21,22). The van der Waals surface area contributed by atoms with Crippen molar-refractivity contribution < 1.29 is 4.79 Å². The summed E-state index contributed by atoms with van der Waals surface area (Å²) in [4.78, 5) is 12.2. The van der Waals surface area contributed by atoms with E-state index in [0.717, 1.165) is 22.4 Å². The summed E-state index contributed by atoms with van der Waals surface area (Å²) in [5.74, 6) is 6.29. The van der Waals surface area contributed by atoms with Crippen LogP contribution in [0.1, 0.15) is 37.5 Å². The topological polar surface area (TPSA) is 29.1 Å². The monoisotopic (exact) mass is 291 g/mol. The number of rotatable bonds is 1. The normalized spacial score (nSPS) is 10.5. The number of hydrogen-bond donors (Lipinski definition) is 1. The lowest BCUT2D eigenvalue weighted by Crippen LogP contribution is -2.27. The molecule has 0 aromatic heterocycles. The van der Waals surface area contributed by atoms with Gasteiger partial charge >= 0.3 is 0 Å². The van der Waals surface area contributed by atoms with Gasteiger partial charge in [-0.1, -0.05) is 56.9 Å². The average Bonchev–Trinajstić information content (AvgIpc) is 2.47. The van der Waals surface area contributed by atoms with Crippen LogP contribution < -0.4 is 5.32 Å². The average molecular weight is 291 g/mol. The Bertz CT molecular complexity index is 728. The molecule has 1 amide bonds. The third-order valence-corrected chi connectivity index (χ3v) is 3.22. The first-order chi connectivity index (χ1) is 10.4. The summed E-state index contributed by atoms with van der Waals surface area (Å²) < 4.78 is 0. The maximum Gasteiger partial charge on any atom is 0.229 e. The molecule has 0 aliphatic heterocycles. The Morgan fingerprint density at radius 3 is 2.32 bits per heavy atom. The fourth-order valence-corrected chi connectivity index (χ4v) is 1.84. The highest BCUT2D eigenvalue weighted by Gasteiger charge is 2.21. The molecule has 0 aliphatic carbocycles. The van der Waals surface area contributed by atoms with E-state index in [2.05, 4.69) is 17.2 Å². The smallest absolute Gasteiger partial charge is 0.229 e. The van der Waals surface area contributed by atoms with Gasteiger partial charge in [0.2, 0.25) is 5.91 Å². The Labute approximate surface area is 132 Å². The van der Waals surface area contributed by atoms with Gasteiger partial charge in [-0.25, -0.2) is 0 Å². The van der Waals surface area contributed by atoms with Gasteiger partial charge in [-0.15, -0.1) is 0 Å². The van der Waals surface area contributed by atoms with Crippen LogP contribution in [0.15, 0.2) is 48.5 Å². The highest BCUT2D eigenvalue weighted by Crippen LogP contribution is 2.21. The molecule has 0 aliphatic rings. The molecule has 0 atom stereocenters. The van der Waals surface area contributed by atoms with Crippen molar-refractivity contribution in [2.75, 3.05) is 5.32 Å². The van der Waals surface area contributed by atoms with Gasteiger partial charge in [0.1, 0.15) is 0 Å². The number of amides is 1. The quantitative estimate of drug-likeness (QED) is 0.776. The van der Waals surface area contributed by atoms with Crippen LogP contribution in [0.5, 0.6) is 0 Å². The Morgan fingerprint density at radius 1 is 1.00 bits per heavy atom. The van der Waals surface area contributed by atoms with E-state index in [1.807, 2.05) is 76.2 Å². The molecule has 0 heterocycles. The molecule has 2 aromatic carbocycles. The maximum absolute atomic E-state index is 12.2. The molecule has 0 radical (unpaired) electrons. The Hall–Kier alpha value is -2.53. The second kappa shape index (κ2) is 6.49. The zero-order valence-electron chi connectivity index (χ0n) is 13.5. The van der Waals surface area contributed by atoms with Crippen LogP contribution in [0.3, 0.4) is 0 Å². The van der Waals surface area contributed by atoms with E-state index in [1.54, 1.807) is 0 Å². The minimum atomic E-state index is -0.436. The van der Waals surface area contributed by atoms with Gasteiger partial charge in [0.05, 0.1) is 5.69 Å². The zero-order chi connectivity index (χ0) is 16.2. The van der Waals surface area contributed by atoms with Crippen molar-refractivity contribution >= 4 is 11.6 Å². The van der Waals surface area contributed by atoms with E-state index in [-0.39, 0.29) is 5.91 Å². The van der Waals surface area contributed by atoms with Crippen LogP contribution in [-0.2, 0) is 4.79 Å². The highest BCUT2D eigenvalue weighted by atomic mass is 16.2.